The standard InChI is InChI=1S/C13H19ClN2O2S2/c1-19-11-4-2-3-10(8-11)16-20(17,18)13-6-5-9(14)7-12(13)15/h5-7,10-11,16H,2-4,8,15H2,1H3. The molecule has 2 unspecified atom stereocenters. The van der Waals surface area contributed by atoms with Gasteiger partial charge < -0.3 is 5.73 Å². The average Bonchev–Trinajstić information content (AvgIpc) is 2.37. The van der Waals surface area contributed by atoms with Crippen molar-refractivity contribution in [3.8, 4) is 0 Å². The van der Waals surface area contributed by atoms with Gasteiger partial charge in [0.05, 0.1) is 5.69 Å². The van der Waals surface area contributed by atoms with Crippen LogP contribution < -0.4 is 10.5 Å². The van der Waals surface area contributed by atoms with Crippen LogP contribution in [0.5, 0.6) is 0 Å². The molecular weight excluding hydrogens is 316 g/mol. The summed E-state index contributed by atoms with van der Waals surface area (Å²) in [6, 6.07) is 4.44. The molecule has 0 spiro atoms. The minimum atomic E-state index is -3.58. The first-order valence-electron chi connectivity index (χ1n) is 6.52. The van der Waals surface area contributed by atoms with Crippen LogP contribution in [0.15, 0.2) is 23.1 Å². The van der Waals surface area contributed by atoms with E-state index in [1.54, 1.807) is 11.8 Å². The Balaban J connectivity index is 2.14. The summed E-state index contributed by atoms with van der Waals surface area (Å²) >= 11 is 7.60. The number of nitrogen functional groups attached to an aromatic ring is 1. The van der Waals surface area contributed by atoms with Crippen LogP contribution in [0.3, 0.4) is 0 Å². The van der Waals surface area contributed by atoms with E-state index in [0.717, 1.165) is 25.7 Å². The van der Waals surface area contributed by atoms with Crippen molar-refractivity contribution in [2.45, 2.75) is 41.9 Å². The third-order valence-electron chi connectivity index (χ3n) is 3.54. The van der Waals surface area contributed by atoms with E-state index in [1.165, 1.54) is 18.2 Å². The van der Waals surface area contributed by atoms with Gasteiger partial charge in [0.25, 0.3) is 0 Å². The van der Waals surface area contributed by atoms with Crippen molar-refractivity contribution in [2.24, 2.45) is 0 Å². The van der Waals surface area contributed by atoms with Gasteiger partial charge in [0.1, 0.15) is 4.90 Å². The van der Waals surface area contributed by atoms with E-state index in [1.807, 2.05) is 0 Å². The topological polar surface area (TPSA) is 72.2 Å². The Morgan fingerprint density at radius 1 is 1.40 bits per heavy atom. The van der Waals surface area contributed by atoms with Gasteiger partial charge in [0.15, 0.2) is 0 Å². The number of thioether (sulfide) groups is 1. The lowest BCUT2D eigenvalue weighted by Gasteiger charge is -2.28. The smallest absolute Gasteiger partial charge is 0.242 e. The van der Waals surface area contributed by atoms with E-state index in [4.69, 9.17) is 17.3 Å². The second-order valence-corrected chi connectivity index (χ2v) is 8.28. The molecule has 4 nitrogen and oxygen atoms in total. The molecule has 1 fully saturated rings. The Hall–Kier alpha value is -0.430. The van der Waals surface area contributed by atoms with Crippen molar-refractivity contribution < 1.29 is 8.42 Å². The molecule has 0 bridgehead atoms. The largest absolute Gasteiger partial charge is 0.398 e. The maximum atomic E-state index is 12.4. The molecule has 20 heavy (non-hydrogen) atoms. The molecule has 7 heteroatoms. The van der Waals surface area contributed by atoms with Crippen molar-refractivity contribution in [1.82, 2.24) is 4.72 Å². The highest BCUT2D eigenvalue weighted by Crippen LogP contribution is 2.29. The summed E-state index contributed by atoms with van der Waals surface area (Å²) in [4.78, 5) is 0.105. The van der Waals surface area contributed by atoms with E-state index in [-0.39, 0.29) is 16.6 Å². The predicted octanol–water partition coefficient (Wildman–Crippen LogP) is 2.87. The summed E-state index contributed by atoms with van der Waals surface area (Å²) in [5, 5.41) is 0.959. The number of hydrogen-bond donors (Lipinski definition) is 2. The van der Waals surface area contributed by atoms with Crippen molar-refractivity contribution in [3.63, 3.8) is 0 Å². The lowest BCUT2D eigenvalue weighted by molar-refractivity contribution is 0.421. The molecule has 0 radical (unpaired) electrons. The zero-order valence-corrected chi connectivity index (χ0v) is 13.7. The first-order valence-corrected chi connectivity index (χ1v) is 9.67. The molecule has 0 aromatic heterocycles. The van der Waals surface area contributed by atoms with Crippen molar-refractivity contribution in [2.75, 3.05) is 12.0 Å². The first kappa shape index (κ1) is 15.9. The number of benzene rings is 1. The third kappa shape index (κ3) is 3.81. The number of anilines is 1. The highest BCUT2D eigenvalue weighted by atomic mass is 35.5. The summed E-state index contributed by atoms with van der Waals surface area (Å²) in [6.07, 6.45) is 6.02. The van der Waals surface area contributed by atoms with Gasteiger partial charge in [-0.25, -0.2) is 13.1 Å². The van der Waals surface area contributed by atoms with Gasteiger partial charge in [-0.1, -0.05) is 18.0 Å². The molecule has 1 aromatic rings. The van der Waals surface area contributed by atoms with Crippen LogP contribution in [0, 0.1) is 0 Å². The molecule has 2 rings (SSSR count). The molecular formula is C13H19ClN2O2S2. The van der Waals surface area contributed by atoms with Crippen LogP contribution in [0.4, 0.5) is 5.69 Å². The number of sulfonamides is 1. The highest BCUT2D eigenvalue weighted by Gasteiger charge is 2.27. The quantitative estimate of drug-likeness (QED) is 0.830. The molecule has 1 aliphatic carbocycles. The molecule has 0 amide bonds. The van der Waals surface area contributed by atoms with Crippen LogP contribution in [0.2, 0.25) is 5.02 Å². The Morgan fingerprint density at radius 3 is 2.80 bits per heavy atom. The zero-order valence-electron chi connectivity index (χ0n) is 11.3. The molecule has 3 N–H and O–H groups in total. The van der Waals surface area contributed by atoms with Crippen LogP contribution in [0.1, 0.15) is 25.7 Å². The molecule has 1 aliphatic rings. The van der Waals surface area contributed by atoms with Gasteiger partial charge in [-0.05, 0) is 43.7 Å². The van der Waals surface area contributed by atoms with Gasteiger partial charge in [-0.15, -0.1) is 0 Å². The van der Waals surface area contributed by atoms with E-state index in [2.05, 4.69) is 11.0 Å². The Morgan fingerprint density at radius 2 is 2.15 bits per heavy atom. The number of rotatable bonds is 4. The maximum Gasteiger partial charge on any atom is 0.242 e. The van der Waals surface area contributed by atoms with Crippen molar-refractivity contribution in [1.29, 1.82) is 0 Å². The molecule has 1 saturated carbocycles. The van der Waals surface area contributed by atoms with E-state index < -0.39 is 10.0 Å². The summed E-state index contributed by atoms with van der Waals surface area (Å²) in [5.41, 5.74) is 5.94. The second-order valence-electron chi connectivity index (χ2n) is 5.02. The first-order chi connectivity index (χ1) is 9.42. The monoisotopic (exact) mass is 334 g/mol. The third-order valence-corrected chi connectivity index (χ3v) is 6.47. The average molecular weight is 335 g/mol. The maximum absolute atomic E-state index is 12.4. The number of halogens is 1. The summed E-state index contributed by atoms with van der Waals surface area (Å²) in [7, 11) is -3.58. The zero-order chi connectivity index (χ0) is 14.8. The fraction of sp³-hybridized carbons (Fsp3) is 0.538. The SMILES string of the molecule is CSC1CCCC(NS(=O)(=O)c2ccc(Cl)cc2N)C1. The highest BCUT2D eigenvalue weighted by molar-refractivity contribution is 7.99. The van der Waals surface area contributed by atoms with Crippen LogP contribution in [-0.2, 0) is 10.0 Å². The molecule has 2 atom stereocenters. The normalized spacial score (nSPS) is 23.7. The number of nitrogens with two attached hydrogens (primary N) is 1. The molecule has 112 valence electrons. The molecule has 0 aliphatic heterocycles. The van der Waals surface area contributed by atoms with E-state index in [9.17, 15) is 8.42 Å². The van der Waals surface area contributed by atoms with Gasteiger partial charge in [0.2, 0.25) is 10.0 Å². The number of hydrogen-bond acceptors (Lipinski definition) is 4. The van der Waals surface area contributed by atoms with Crippen LogP contribution in [0.25, 0.3) is 0 Å². The molecule has 0 saturated heterocycles. The van der Waals surface area contributed by atoms with E-state index >= 15 is 0 Å². The Labute approximate surface area is 129 Å². The van der Waals surface area contributed by atoms with Gasteiger partial charge >= 0.3 is 0 Å². The second kappa shape index (κ2) is 6.56. The van der Waals surface area contributed by atoms with Gasteiger partial charge in [-0.2, -0.15) is 11.8 Å². The van der Waals surface area contributed by atoms with Crippen molar-refractivity contribution >= 4 is 39.1 Å². The Bertz CT molecular complexity index is 578. The molecule has 0 heterocycles. The minimum Gasteiger partial charge on any atom is -0.398 e. The lowest BCUT2D eigenvalue weighted by atomic mass is 9.96. The van der Waals surface area contributed by atoms with E-state index in [0.29, 0.717) is 10.3 Å². The van der Waals surface area contributed by atoms with Crippen LogP contribution >= 0.6 is 23.4 Å². The summed E-state index contributed by atoms with van der Waals surface area (Å²) in [6.45, 7) is 0. The molecule has 1 aromatic carbocycles. The van der Waals surface area contributed by atoms with Crippen molar-refractivity contribution in [3.05, 3.63) is 23.2 Å². The predicted molar refractivity (Wildman–Crippen MR) is 85.7 cm³/mol. The summed E-state index contributed by atoms with van der Waals surface area (Å²) < 4.78 is 27.5. The van der Waals surface area contributed by atoms with Gasteiger partial charge in [-0.3, -0.25) is 0 Å². The fourth-order valence-electron chi connectivity index (χ4n) is 2.51. The van der Waals surface area contributed by atoms with Crippen LogP contribution in [-0.4, -0.2) is 26.0 Å². The number of nitrogens with one attached hydrogen (secondary N) is 1. The Kier molecular flexibility index (Phi) is 5.23. The minimum absolute atomic E-state index is 0.0127. The van der Waals surface area contributed by atoms with Gasteiger partial charge in [0, 0.05) is 16.3 Å². The summed E-state index contributed by atoms with van der Waals surface area (Å²) in [5.74, 6) is 0. The lowest BCUT2D eigenvalue weighted by Crippen LogP contribution is -2.39. The fourth-order valence-corrected chi connectivity index (χ4v) is 4.92.